The van der Waals surface area contributed by atoms with Gasteiger partial charge in [-0.3, -0.25) is 24.1 Å². The number of carbonyl (C=O) groups excluding carboxylic acids is 4. The van der Waals surface area contributed by atoms with Gasteiger partial charge in [0.1, 0.15) is 11.8 Å². The van der Waals surface area contributed by atoms with Crippen LogP contribution in [-0.2, 0) is 19.2 Å². The highest BCUT2D eigenvalue weighted by Crippen LogP contribution is 2.22. The fourth-order valence-corrected chi connectivity index (χ4v) is 2.32. The van der Waals surface area contributed by atoms with E-state index >= 15 is 0 Å². The van der Waals surface area contributed by atoms with Gasteiger partial charge >= 0.3 is 0 Å². The molecule has 1 saturated heterocycles. The van der Waals surface area contributed by atoms with Crippen LogP contribution in [0.25, 0.3) is 0 Å². The number of nitrogens with two attached hydrogens (primary N) is 1. The van der Waals surface area contributed by atoms with Gasteiger partial charge in [-0.15, -0.1) is 0 Å². The predicted molar refractivity (Wildman–Crippen MR) is 72.6 cm³/mol. The lowest BCUT2D eigenvalue weighted by Crippen LogP contribution is -2.49. The van der Waals surface area contributed by atoms with Crippen LogP contribution in [0.2, 0.25) is 0 Å². The van der Waals surface area contributed by atoms with Gasteiger partial charge in [-0.05, 0) is 6.42 Å². The van der Waals surface area contributed by atoms with Crippen LogP contribution >= 0.6 is 0 Å². The molecule has 2 amide bonds. The molecular weight excluding hydrogens is 260 g/mol. The lowest BCUT2D eigenvalue weighted by atomic mass is 10.0. The van der Waals surface area contributed by atoms with E-state index < -0.39 is 6.04 Å². The number of Topliss-reactive ketones (excluding diaryl/α,β-unsaturated/α-hetero) is 2. The van der Waals surface area contributed by atoms with Gasteiger partial charge in [0.25, 0.3) is 0 Å². The number of hydrogen-bond acceptors (Lipinski definition) is 5. The number of ketones is 2. The quantitative estimate of drug-likeness (QED) is 0.651. The maximum atomic E-state index is 12.1. The highest BCUT2D eigenvalue weighted by molar-refractivity contribution is 6.07. The fraction of sp³-hybridized carbons (Fsp3) is 0.714. The molecule has 0 aromatic heterocycles. The Hall–Kier alpha value is -1.56. The molecule has 1 rings (SSSR count). The van der Waals surface area contributed by atoms with Crippen LogP contribution < -0.4 is 5.73 Å². The van der Waals surface area contributed by atoms with Gasteiger partial charge in [0.15, 0.2) is 5.78 Å². The van der Waals surface area contributed by atoms with E-state index in [1.54, 1.807) is 13.8 Å². The second kappa shape index (κ2) is 7.28. The van der Waals surface area contributed by atoms with Crippen molar-refractivity contribution in [2.45, 2.75) is 52.0 Å². The second-order valence-corrected chi connectivity index (χ2v) is 5.17. The Morgan fingerprint density at radius 3 is 2.45 bits per heavy atom. The number of hydrogen-bond donors (Lipinski definition) is 1. The smallest absolute Gasteiger partial charge is 0.233 e. The van der Waals surface area contributed by atoms with E-state index in [4.69, 9.17) is 5.73 Å². The molecule has 0 radical (unpaired) electrons. The largest absolute Gasteiger partial charge is 0.328 e. The lowest BCUT2D eigenvalue weighted by molar-refractivity contribution is -0.146. The molecule has 0 bridgehead atoms. The Labute approximate surface area is 118 Å². The molecule has 0 aromatic carbocycles. The molecule has 1 fully saturated rings. The van der Waals surface area contributed by atoms with Gasteiger partial charge in [0.05, 0.1) is 0 Å². The van der Waals surface area contributed by atoms with Crippen LogP contribution in [0.15, 0.2) is 0 Å². The average molecular weight is 282 g/mol. The third-order valence-electron chi connectivity index (χ3n) is 3.59. The normalized spacial score (nSPS) is 20.4. The molecule has 112 valence electrons. The Kier molecular flexibility index (Phi) is 6.01. The van der Waals surface area contributed by atoms with Crippen LogP contribution in [-0.4, -0.2) is 40.9 Å². The zero-order valence-corrected chi connectivity index (χ0v) is 12.1. The second-order valence-electron chi connectivity index (χ2n) is 5.17. The number of likely N-dealkylation sites (tertiary alicyclic amines) is 1. The van der Waals surface area contributed by atoms with E-state index in [1.165, 1.54) is 0 Å². The summed E-state index contributed by atoms with van der Waals surface area (Å²) in [6, 6.07) is -0.878. The van der Waals surface area contributed by atoms with E-state index in [-0.39, 0.29) is 48.7 Å². The van der Waals surface area contributed by atoms with Crippen LogP contribution in [0, 0.1) is 5.92 Å². The molecule has 6 heteroatoms. The summed E-state index contributed by atoms with van der Waals surface area (Å²) in [6.45, 7) is 3.37. The zero-order chi connectivity index (χ0) is 15.3. The van der Waals surface area contributed by atoms with Crippen LogP contribution in [0.3, 0.4) is 0 Å². The molecule has 0 saturated carbocycles. The van der Waals surface area contributed by atoms with E-state index in [0.717, 1.165) is 4.90 Å². The first-order valence-electron chi connectivity index (χ1n) is 7.02. The van der Waals surface area contributed by atoms with Crippen LogP contribution in [0.4, 0.5) is 0 Å². The predicted octanol–water partition coefficient (Wildman–Crippen LogP) is 0.427. The number of carbonyl (C=O) groups is 4. The summed E-state index contributed by atoms with van der Waals surface area (Å²) < 4.78 is 0. The van der Waals surface area contributed by atoms with Gasteiger partial charge in [-0.25, -0.2) is 0 Å². The number of amides is 2. The van der Waals surface area contributed by atoms with Gasteiger partial charge in [0, 0.05) is 38.1 Å². The maximum absolute atomic E-state index is 12.1. The molecule has 1 aliphatic heterocycles. The van der Waals surface area contributed by atoms with E-state index in [1.807, 2.05) is 0 Å². The van der Waals surface area contributed by atoms with Crippen molar-refractivity contribution < 1.29 is 19.2 Å². The molecule has 0 spiro atoms. The fourth-order valence-electron chi connectivity index (χ4n) is 2.32. The molecule has 6 nitrogen and oxygen atoms in total. The molecule has 2 unspecified atom stereocenters. The monoisotopic (exact) mass is 282 g/mol. The van der Waals surface area contributed by atoms with Crippen molar-refractivity contribution in [1.82, 2.24) is 4.90 Å². The van der Waals surface area contributed by atoms with E-state index in [2.05, 4.69) is 0 Å². The van der Waals surface area contributed by atoms with Crippen molar-refractivity contribution in [3.05, 3.63) is 0 Å². The third-order valence-corrected chi connectivity index (χ3v) is 3.59. The molecule has 2 atom stereocenters. The summed E-state index contributed by atoms with van der Waals surface area (Å²) in [6.07, 6.45) is 1.54. The molecule has 0 aromatic rings. The molecule has 0 aliphatic carbocycles. The summed E-state index contributed by atoms with van der Waals surface area (Å²) in [5.41, 5.74) is 5.55. The Bertz CT molecular complexity index is 419. The van der Waals surface area contributed by atoms with Crippen molar-refractivity contribution in [3.63, 3.8) is 0 Å². The first kappa shape index (κ1) is 16.5. The number of nitrogens with zero attached hydrogens (tertiary/aromatic N) is 1. The summed E-state index contributed by atoms with van der Waals surface area (Å²) in [5.74, 6) is -1.19. The zero-order valence-electron chi connectivity index (χ0n) is 12.1. The van der Waals surface area contributed by atoms with Gasteiger partial charge in [-0.1, -0.05) is 13.8 Å². The molecular formula is C14H22N2O4. The van der Waals surface area contributed by atoms with Crippen molar-refractivity contribution >= 4 is 23.4 Å². The number of imide groups is 1. The standard InChI is InChI=1S/C14H22N2O4/c1-3-10(17)5-4-6-12(18)11(8-15)16-13(19)7-9(2)14(16)20/h9,11H,3-8,15H2,1-2H3. The summed E-state index contributed by atoms with van der Waals surface area (Å²) >= 11 is 0. The summed E-state index contributed by atoms with van der Waals surface area (Å²) in [7, 11) is 0. The highest BCUT2D eigenvalue weighted by Gasteiger charge is 2.41. The van der Waals surface area contributed by atoms with Crippen LogP contribution in [0.5, 0.6) is 0 Å². The van der Waals surface area contributed by atoms with Crippen molar-refractivity contribution in [2.24, 2.45) is 11.7 Å². The minimum atomic E-state index is -0.878. The Morgan fingerprint density at radius 2 is 2.00 bits per heavy atom. The van der Waals surface area contributed by atoms with Gasteiger partial charge < -0.3 is 5.73 Å². The van der Waals surface area contributed by atoms with Gasteiger partial charge in [-0.2, -0.15) is 0 Å². The first-order valence-corrected chi connectivity index (χ1v) is 7.02. The highest BCUT2D eigenvalue weighted by atomic mass is 16.2. The lowest BCUT2D eigenvalue weighted by Gasteiger charge is -2.24. The summed E-state index contributed by atoms with van der Waals surface area (Å²) in [5, 5.41) is 0. The maximum Gasteiger partial charge on any atom is 0.233 e. The summed E-state index contributed by atoms with van der Waals surface area (Å²) in [4.78, 5) is 47.9. The first-order chi connectivity index (χ1) is 9.42. The third kappa shape index (κ3) is 3.72. The Balaban J connectivity index is 2.61. The average Bonchev–Trinajstić information content (AvgIpc) is 2.66. The topological polar surface area (TPSA) is 97.5 Å². The minimum absolute atomic E-state index is 0.0647. The van der Waals surface area contributed by atoms with Crippen LogP contribution in [0.1, 0.15) is 46.0 Å². The van der Waals surface area contributed by atoms with Gasteiger partial charge in [0.2, 0.25) is 11.8 Å². The van der Waals surface area contributed by atoms with E-state index in [0.29, 0.717) is 19.3 Å². The Morgan fingerprint density at radius 1 is 1.35 bits per heavy atom. The molecule has 2 N–H and O–H groups in total. The number of rotatable bonds is 8. The van der Waals surface area contributed by atoms with Crippen molar-refractivity contribution in [1.29, 1.82) is 0 Å². The SMILES string of the molecule is CCC(=O)CCCC(=O)C(CN)N1C(=O)CC(C)C1=O. The molecule has 1 heterocycles. The molecule has 1 aliphatic rings. The van der Waals surface area contributed by atoms with E-state index in [9.17, 15) is 19.2 Å². The minimum Gasteiger partial charge on any atom is -0.328 e. The van der Waals surface area contributed by atoms with Crippen molar-refractivity contribution in [3.8, 4) is 0 Å². The van der Waals surface area contributed by atoms with Crippen molar-refractivity contribution in [2.75, 3.05) is 6.54 Å². The molecule has 20 heavy (non-hydrogen) atoms.